The van der Waals surface area contributed by atoms with Gasteiger partial charge >= 0.3 is 0 Å². The van der Waals surface area contributed by atoms with Crippen LogP contribution in [0, 0.1) is 0 Å². The second-order valence-electron chi connectivity index (χ2n) is 8.50. The van der Waals surface area contributed by atoms with Crippen LogP contribution in [0.4, 0.5) is 0 Å². The molecule has 0 aliphatic carbocycles. The fourth-order valence-corrected chi connectivity index (χ4v) is 3.81. The maximum atomic E-state index is 13.0. The highest BCUT2D eigenvalue weighted by Crippen LogP contribution is 2.41. The summed E-state index contributed by atoms with van der Waals surface area (Å²) in [6.45, 7) is 5.05. The molecule has 1 fully saturated rings. The molecule has 7 nitrogen and oxygen atoms in total. The molecule has 1 atom stereocenters. The summed E-state index contributed by atoms with van der Waals surface area (Å²) in [6, 6.07) is 11.3. The maximum Gasteiger partial charge on any atom is 0.295 e. The van der Waals surface area contributed by atoms with Crippen molar-refractivity contribution in [3.8, 4) is 11.5 Å². The Hall–Kier alpha value is -3.32. The summed E-state index contributed by atoms with van der Waals surface area (Å²) in [5.41, 5.74) is 1.89. The lowest BCUT2D eigenvalue weighted by Crippen LogP contribution is -2.35. The number of aliphatic hydroxyl groups is 1. The number of methoxy groups -OCH3 is 1. The molecule has 1 aliphatic heterocycles. The summed E-state index contributed by atoms with van der Waals surface area (Å²) in [5.74, 6) is -1.34. The van der Waals surface area contributed by atoms with Gasteiger partial charge in [-0.15, -0.1) is 0 Å². The molecule has 1 aliphatic rings. The number of benzene rings is 2. The van der Waals surface area contributed by atoms with E-state index in [1.807, 2.05) is 43.3 Å². The van der Waals surface area contributed by atoms with Gasteiger partial charge in [0.1, 0.15) is 17.3 Å². The number of phenolic OH excluding ortho intramolecular Hbond substituents is 1. The molecule has 2 aromatic carbocycles. The Bertz CT molecular complexity index is 1040. The smallest absolute Gasteiger partial charge is 0.295 e. The fourth-order valence-electron chi connectivity index (χ4n) is 3.81. The number of carbonyl (C=O) groups excluding carboxylic acids is 2. The van der Waals surface area contributed by atoms with E-state index in [1.54, 1.807) is 6.07 Å². The van der Waals surface area contributed by atoms with E-state index in [2.05, 4.69) is 13.8 Å². The predicted molar refractivity (Wildman–Crippen MR) is 123 cm³/mol. The van der Waals surface area contributed by atoms with E-state index in [0.29, 0.717) is 24.8 Å². The predicted octanol–water partition coefficient (Wildman–Crippen LogP) is 3.51. The molecule has 2 N–H and O–H groups in total. The van der Waals surface area contributed by atoms with E-state index in [-0.39, 0.29) is 16.9 Å². The van der Waals surface area contributed by atoms with Gasteiger partial charge < -0.3 is 24.7 Å². The first-order valence-electron chi connectivity index (χ1n) is 10.6. The Labute approximate surface area is 188 Å². The van der Waals surface area contributed by atoms with Gasteiger partial charge in [0.15, 0.2) is 0 Å². The molecular weight excluding hydrogens is 408 g/mol. The van der Waals surface area contributed by atoms with Crippen molar-refractivity contribution in [2.24, 2.45) is 0 Å². The zero-order valence-corrected chi connectivity index (χ0v) is 19.1. The van der Waals surface area contributed by atoms with Gasteiger partial charge in [0.25, 0.3) is 11.7 Å². The van der Waals surface area contributed by atoms with Crippen LogP contribution in [-0.2, 0) is 9.59 Å². The van der Waals surface area contributed by atoms with Crippen LogP contribution in [0.1, 0.15) is 42.5 Å². The van der Waals surface area contributed by atoms with Gasteiger partial charge in [-0.3, -0.25) is 9.59 Å². The number of ketones is 1. The lowest BCUT2D eigenvalue weighted by Gasteiger charge is -2.27. The second-order valence-corrected chi connectivity index (χ2v) is 8.50. The Morgan fingerprint density at radius 3 is 2.31 bits per heavy atom. The number of likely N-dealkylation sites (tertiary alicyclic amines) is 1. The van der Waals surface area contributed by atoms with Crippen molar-refractivity contribution in [3.05, 3.63) is 64.7 Å². The average molecular weight is 439 g/mol. The van der Waals surface area contributed by atoms with Crippen LogP contribution in [0.3, 0.4) is 0 Å². The quantitative estimate of drug-likeness (QED) is 0.391. The lowest BCUT2D eigenvalue weighted by molar-refractivity contribution is -0.140. The van der Waals surface area contributed by atoms with E-state index < -0.39 is 23.5 Å². The van der Waals surface area contributed by atoms with E-state index in [1.165, 1.54) is 24.1 Å². The number of rotatable bonds is 7. The molecule has 2 aromatic rings. The van der Waals surface area contributed by atoms with Crippen LogP contribution in [0.5, 0.6) is 11.5 Å². The van der Waals surface area contributed by atoms with E-state index in [0.717, 1.165) is 11.1 Å². The van der Waals surface area contributed by atoms with E-state index >= 15 is 0 Å². The Morgan fingerprint density at radius 2 is 1.78 bits per heavy atom. The van der Waals surface area contributed by atoms with Crippen LogP contribution in [-0.4, -0.2) is 66.0 Å². The molecule has 3 rings (SSSR count). The third-order valence-corrected chi connectivity index (χ3v) is 5.71. The molecule has 0 aromatic heterocycles. The molecule has 7 heteroatoms. The number of ether oxygens (including phenoxy) is 1. The summed E-state index contributed by atoms with van der Waals surface area (Å²) in [5, 5.41) is 21.5. The summed E-state index contributed by atoms with van der Waals surface area (Å²) in [4.78, 5) is 29.4. The number of hydrogen-bond donors (Lipinski definition) is 2. The molecule has 1 saturated heterocycles. The zero-order chi connectivity index (χ0) is 23.6. The van der Waals surface area contributed by atoms with Crippen LogP contribution >= 0.6 is 0 Å². The normalized spacial score (nSPS) is 18.1. The minimum atomic E-state index is -0.769. The van der Waals surface area contributed by atoms with Crippen LogP contribution in [0.25, 0.3) is 5.76 Å². The topological polar surface area (TPSA) is 90.3 Å². The van der Waals surface area contributed by atoms with Crippen LogP contribution in [0.15, 0.2) is 48.0 Å². The first-order valence-corrected chi connectivity index (χ1v) is 10.6. The van der Waals surface area contributed by atoms with Gasteiger partial charge in [0.05, 0.1) is 24.3 Å². The highest BCUT2D eigenvalue weighted by molar-refractivity contribution is 6.46. The zero-order valence-electron chi connectivity index (χ0n) is 19.1. The van der Waals surface area contributed by atoms with Crippen molar-refractivity contribution in [1.82, 2.24) is 9.80 Å². The molecule has 0 radical (unpaired) electrons. The standard InChI is InChI=1S/C25H30N2O5/c1-15(2)16-6-8-17(9-7-16)22-21(24(30)25(31)27(22)13-12-26(3)4)23(29)19-11-10-18(32-5)14-20(19)28/h6-11,14-15,22,28-29H,12-13H2,1-5H3/b23-21+. The molecule has 0 bridgehead atoms. The Morgan fingerprint density at radius 1 is 1.12 bits per heavy atom. The van der Waals surface area contributed by atoms with Gasteiger partial charge in [-0.1, -0.05) is 38.1 Å². The third-order valence-electron chi connectivity index (χ3n) is 5.71. The summed E-state index contributed by atoms with van der Waals surface area (Å²) in [7, 11) is 5.24. The average Bonchev–Trinajstić information content (AvgIpc) is 3.01. The molecule has 1 unspecified atom stereocenters. The lowest BCUT2D eigenvalue weighted by atomic mass is 9.93. The van der Waals surface area contributed by atoms with Crippen LogP contribution in [0.2, 0.25) is 0 Å². The van der Waals surface area contributed by atoms with Gasteiger partial charge in [-0.2, -0.15) is 0 Å². The number of nitrogens with zero attached hydrogens (tertiary/aromatic N) is 2. The highest BCUT2D eigenvalue weighted by atomic mass is 16.5. The molecule has 32 heavy (non-hydrogen) atoms. The number of Topliss-reactive ketones (excluding diaryl/α,β-unsaturated/α-hetero) is 1. The third kappa shape index (κ3) is 4.48. The first-order chi connectivity index (χ1) is 15.1. The Kier molecular flexibility index (Phi) is 6.89. The number of amides is 1. The SMILES string of the molecule is COc1ccc(/C(O)=C2\C(=O)C(=O)N(CCN(C)C)C2c2ccc(C(C)C)cc2)c(O)c1. The number of likely N-dealkylation sites (N-methyl/N-ethyl adjacent to an activating group) is 1. The highest BCUT2D eigenvalue weighted by Gasteiger charge is 2.46. The summed E-state index contributed by atoms with van der Waals surface area (Å²) >= 11 is 0. The first kappa shape index (κ1) is 23.3. The van der Waals surface area contributed by atoms with Crippen molar-refractivity contribution in [3.63, 3.8) is 0 Å². The minimum Gasteiger partial charge on any atom is -0.507 e. The van der Waals surface area contributed by atoms with Gasteiger partial charge in [0.2, 0.25) is 0 Å². The van der Waals surface area contributed by atoms with E-state index in [4.69, 9.17) is 4.74 Å². The van der Waals surface area contributed by atoms with E-state index in [9.17, 15) is 19.8 Å². The largest absolute Gasteiger partial charge is 0.507 e. The summed E-state index contributed by atoms with van der Waals surface area (Å²) in [6.07, 6.45) is 0. The van der Waals surface area contributed by atoms with Gasteiger partial charge in [0, 0.05) is 19.2 Å². The molecule has 1 heterocycles. The maximum absolute atomic E-state index is 13.0. The van der Waals surface area contributed by atoms with Crippen molar-refractivity contribution in [2.45, 2.75) is 25.8 Å². The number of phenols is 1. The second kappa shape index (κ2) is 9.44. The number of hydrogen-bond acceptors (Lipinski definition) is 6. The molecular formula is C25H30N2O5. The van der Waals surface area contributed by atoms with Crippen molar-refractivity contribution >= 4 is 17.4 Å². The molecule has 170 valence electrons. The summed E-state index contributed by atoms with van der Waals surface area (Å²) < 4.78 is 5.09. The van der Waals surface area contributed by atoms with Crippen molar-refractivity contribution in [2.75, 3.05) is 34.3 Å². The van der Waals surface area contributed by atoms with Crippen LogP contribution < -0.4 is 4.74 Å². The molecule has 1 amide bonds. The number of aliphatic hydroxyl groups excluding tert-OH is 1. The van der Waals surface area contributed by atoms with Gasteiger partial charge in [-0.05, 0) is 43.3 Å². The van der Waals surface area contributed by atoms with Crippen molar-refractivity contribution in [1.29, 1.82) is 0 Å². The minimum absolute atomic E-state index is 0.0356. The number of carbonyl (C=O) groups is 2. The Balaban J connectivity index is 2.15. The van der Waals surface area contributed by atoms with Gasteiger partial charge in [-0.25, -0.2) is 0 Å². The molecule has 0 saturated carbocycles. The molecule has 0 spiro atoms. The van der Waals surface area contributed by atoms with Crippen molar-refractivity contribution < 1.29 is 24.5 Å². The fraction of sp³-hybridized carbons (Fsp3) is 0.360. The number of aromatic hydroxyl groups is 1. The monoisotopic (exact) mass is 438 g/mol.